The van der Waals surface area contributed by atoms with E-state index in [2.05, 4.69) is 10.5 Å². The summed E-state index contributed by atoms with van der Waals surface area (Å²) in [5.41, 5.74) is 0.938. The van der Waals surface area contributed by atoms with Crippen LogP contribution in [0.25, 0.3) is 0 Å². The molecule has 0 spiro atoms. The summed E-state index contributed by atoms with van der Waals surface area (Å²) < 4.78 is 10.3. The summed E-state index contributed by atoms with van der Waals surface area (Å²) >= 11 is 1.28. The highest BCUT2D eigenvalue weighted by atomic mass is 32.2. The number of carbonyl (C=O) groups excluding carboxylic acids is 2. The van der Waals surface area contributed by atoms with Crippen molar-refractivity contribution < 1.29 is 18.8 Å². The van der Waals surface area contributed by atoms with Gasteiger partial charge in [-0.15, -0.1) is 11.8 Å². The van der Waals surface area contributed by atoms with Gasteiger partial charge in [0.1, 0.15) is 11.5 Å². The van der Waals surface area contributed by atoms with E-state index in [9.17, 15) is 9.59 Å². The number of ether oxygens (including phenoxy) is 1. The summed E-state index contributed by atoms with van der Waals surface area (Å²) in [7, 11) is 3.36. The third kappa shape index (κ3) is 5.50. The largest absolute Gasteiger partial charge is 0.496 e. The highest BCUT2D eigenvalue weighted by Crippen LogP contribution is 2.28. The molecule has 2 aromatic rings. The fraction of sp³-hybridized carbons (Fsp3) is 0.421. The first-order chi connectivity index (χ1) is 12.8. The molecule has 146 valence electrons. The van der Waals surface area contributed by atoms with Crippen LogP contribution in [-0.2, 0) is 9.59 Å². The van der Waals surface area contributed by atoms with Crippen molar-refractivity contribution in [3.8, 4) is 5.75 Å². The lowest BCUT2D eigenvalue weighted by atomic mass is 10.1. The SMILES string of the molecule is COc1ccccc1C(C)N(C)C(=O)CSC(C)C(=O)Nc1cc(C)on1. The fourth-order valence-corrected chi connectivity index (χ4v) is 3.27. The number of thioether (sulfide) groups is 1. The predicted octanol–water partition coefficient (Wildman–Crippen LogP) is 3.27. The summed E-state index contributed by atoms with van der Waals surface area (Å²) in [5.74, 6) is 1.65. The maximum absolute atomic E-state index is 12.6. The molecule has 0 aliphatic rings. The van der Waals surface area contributed by atoms with Gasteiger partial charge in [0.25, 0.3) is 0 Å². The zero-order valence-corrected chi connectivity index (χ0v) is 17.0. The average molecular weight is 391 g/mol. The summed E-state index contributed by atoms with van der Waals surface area (Å²) in [4.78, 5) is 26.4. The summed E-state index contributed by atoms with van der Waals surface area (Å²) in [6.07, 6.45) is 0. The number of hydrogen-bond acceptors (Lipinski definition) is 6. The topological polar surface area (TPSA) is 84.7 Å². The van der Waals surface area contributed by atoms with Gasteiger partial charge in [-0.3, -0.25) is 9.59 Å². The number of hydrogen-bond donors (Lipinski definition) is 1. The summed E-state index contributed by atoms with van der Waals surface area (Å²) in [5, 5.41) is 6.00. The average Bonchev–Trinajstić information content (AvgIpc) is 3.08. The van der Waals surface area contributed by atoms with Gasteiger partial charge < -0.3 is 19.5 Å². The third-order valence-corrected chi connectivity index (χ3v) is 5.40. The van der Waals surface area contributed by atoms with Gasteiger partial charge in [0.15, 0.2) is 5.82 Å². The van der Waals surface area contributed by atoms with Crippen molar-refractivity contribution in [3.05, 3.63) is 41.7 Å². The minimum atomic E-state index is -0.402. The Kier molecular flexibility index (Phi) is 7.29. The van der Waals surface area contributed by atoms with Crippen molar-refractivity contribution >= 4 is 29.4 Å². The first-order valence-corrected chi connectivity index (χ1v) is 9.62. The summed E-state index contributed by atoms with van der Waals surface area (Å²) in [6.45, 7) is 5.45. The fourth-order valence-electron chi connectivity index (χ4n) is 2.46. The van der Waals surface area contributed by atoms with Gasteiger partial charge in [0.05, 0.1) is 24.2 Å². The van der Waals surface area contributed by atoms with Crippen LogP contribution in [0, 0.1) is 6.92 Å². The lowest BCUT2D eigenvalue weighted by Gasteiger charge is -2.27. The van der Waals surface area contributed by atoms with Crippen LogP contribution < -0.4 is 10.1 Å². The Labute approximate surface area is 163 Å². The van der Waals surface area contributed by atoms with Crippen molar-refractivity contribution in [3.63, 3.8) is 0 Å². The maximum Gasteiger partial charge on any atom is 0.238 e. The molecule has 8 heteroatoms. The first-order valence-electron chi connectivity index (χ1n) is 8.57. The number of rotatable bonds is 8. The molecule has 0 bridgehead atoms. The molecule has 2 atom stereocenters. The Hall–Kier alpha value is -2.48. The number of amides is 2. The molecule has 0 radical (unpaired) electrons. The van der Waals surface area contributed by atoms with E-state index in [1.54, 1.807) is 39.0 Å². The van der Waals surface area contributed by atoms with Crippen molar-refractivity contribution in [2.24, 2.45) is 0 Å². The van der Waals surface area contributed by atoms with Gasteiger partial charge in [0.2, 0.25) is 11.8 Å². The number of methoxy groups -OCH3 is 1. The quantitative estimate of drug-likeness (QED) is 0.743. The normalized spacial score (nSPS) is 12.9. The molecule has 7 nitrogen and oxygen atoms in total. The molecule has 2 rings (SSSR count). The van der Waals surface area contributed by atoms with Crippen LogP contribution in [0.4, 0.5) is 5.82 Å². The Bertz CT molecular complexity index is 793. The predicted molar refractivity (Wildman–Crippen MR) is 106 cm³/mol. The van der Waals surface area contributed by atoms with Gasteiger partial charge in [-0.1, -0.05) is 23.4 Å². The van der Waals surface area contributed by atoms with Crippen LogP contribution in [0.5, 0.6) is 5.75 Å². The molecule has 1 N–H and O–H groups in total. The number of nitrogens with one attached hydrogen (secondary N) is 1. The molecule has 2 amide bonds. The third-order valence-electron chi connectivity index (χ3n) is 4.27. The molecule has 0 fully saturated rings. The molecule has 0 saturated heterocycles. The number of benzene rings is 1. The van der Waals surface area contributed by atoms with Gasteiger partial charge in [0, 0.05) is 18.7 Å². The van der Waals surface area contributed by atoms with Gasteiger partial charge in [-0.2, -0.15) is 0 Å². The monoisotopic (exact) mass is 391 g/mol. The van der Waals surface area contributed by atoms with Crippen molar-refractivity contribution in [2.45, 2.75) is 32.1 Å². The van der Waals surface area contributed by atoms with Crippen LogP contribution in [0.15, 0.2) is 34.9 Å². The van der Waals surface area contributed by atoms with Crippen molar-refractivity contribution in [2.75, 3.05) is 25.2 Å². The number of aryl methyl sites for hydroxylation is 1. The van der Waals surface area contributed by atoms with Gasteiger partial charge >= 0.3 is 0 Å². The molecule has 1 aromatic carbocycles. The van der Waals surface area contributed by atoms with E-state index in [1.165, 1.54) is 11.8 Å². The number of nitrogens with zero attached hydrogens (tertiary/aromatic N) is 2. The summed E-state index contributed by atoms with van der Waals surface area (Å²) in [6, 6.07) is 9.12. The number of carbonyl (C=O) groups is 2. The van der Waals surface area contributed by atoms with Crippen molar-refractivity contribution in [1.29, 1.82) is 0 Å². The minimum absolute atomic E-state index is 0.0599. The van der Waals surface area contributed by atoms with E-state index >= 15 is 0 Å². The molecule has 1 aromatic heterocycles. The molecule has 0 aliphatic heterocycles. The Morgan fingerprint density at radius 2 is 2.04 bits per heavy atom. The first kappa shape index (κ1) is 20.8. The van der Waals surface area contributed by atoms with Crippen molar-refractivity contribution in [1.82, 2.24) is 10.1 Å². The zero-order valence-electron chi connectivity index (χ0n) is 16.2. The lowest BCUT2D eigenvalue weighted by molar-refractivity contribution is -0.128. The standard InChI is InChI=1S/C19H25N3O4S/c1-12-10-17(21-26-12)20-19(24)14(3)27-11-18(23)22(4)13(2)15-8-6-7-9-16(15)25-5/h6-10,13-14H,11H2,1-5H3,(H,20,21,24). The van der Waals surface area contributed by atoms with Crippen LogP contribution in [0.3, 0.4) is 0 Å². The van der Waals surface area contributed by atoms with Crippen LogP contribution in [0.1, 0.15) is 31.2 Å². The molecular formula is C19H25N3O4S. The lowest BCUT2D eigenvalue weighted by Crippen LogP contribution is -2.32. The Morgan fingerprint density at radius 3 is 2.67 bits per heavy atom. The van der Waals surface area contributed by atoms with E-state index in [4.69, 9.17) is 9.26 Å². The van der Waals surface area contributed by atoms with Gasteiger partial charge in [-0.05, 0) is 26.8 Å². The van der Waals surface area contributed by atoms with E-state index in [1.807, 2.05) is 31.2 Å². The zero-order chi connectivity index (χ0) is 20.0. The van der Waals surface area contributed by atoms with E-state index < -0.39 is 5.25 Å². The molecule has 1 heterocycles. The molecule has 0 saturated carbocycles. The Morgan fingerprint density at radius 1 is 1.33 bits per heavy atom. The Balaban J connectivity index is 1.89. The second kappa shape index (κ2) is 9.45. The molecule has 0 aliphatic carbocycles. The highest BCUT2D eigenvalue weighted by Gasteiger charge is 2.22. The second-order valence-electron chi connectivity index (χ2n) is 6.19. The number of anilines is 1. The smallest absolute Gasteiger partial charge is 0.238 e. The minimum Gasteiger partial charge on any atom is -0.496 e. The van der Waals surface area contributed by atoms with Gasteiger partial charge in [-0.25, -0.2) is 0 Å². The van der Waals surface area contributed by atoms with Crippen LogP contribution in [-0.4, -0.2) is 47.0 Å². The second-order valence-corrected chi connectivity index (χ2v) is 7.52. The number of para-hydroxylation sites is 1. The molecular weight excluding hydrogens is 366 g/mol. The van der Waals surface area contributed by atoms with E-state index in [-0.39, 0.29) is 23.6 Å². The maximum atomic E-state index is 12.6. The highest BCUT2D eigenvalue weighted by molar-refractivity contribution is 8.01. The van der Waals surface area contributed by atoms with E-state index in [0.29, 0.717) is 11.6 Å². The van der Waals surface area contributed by atoms with E-state index in [0.717, 1.165) is 11.3 Å². The van der Waals surface area contributed by atoms with Crippen LogP contribution in [0.2, 0.25) is 0 Å². The molecule has 2 unspecified atom stereocenters. The number of aromatic nitrogens is 1. The molecule has 27 heavy (non-hydrogen) atoms. The van der Waals surface area contributed by atoms with Crippen LogP contribution >= 0.6 is 11.8 Å².